The standard InChI is InChI=1S/C9H5N3O/c1-2-13-4-8-6(1)7-3-10-5-11-9(7)12-8/h1-5H. The van der Waals surface area contributed by atoms with Gasteiger partial charge < -0.3 is 4.42 Å². The van der Waals surface area contributed by atoms with Crippen LogP contribution < -0.4 is 0 Å². The number of fused-ring (bicyclic) bond motifs is 3. The van der Waals surface area contributed by atoms with Crippen molar-refractivity contribution in [1.82, 2.24) is 15.0 Å². The van der Waals surface area contributed by atoms with Crippen molar-refractivity contribution >= 4 is 11.0 Å². The lowest BCUT2D eigenvalue weighted by molar-refractivity contribution is 0.550. The average molecular weight is 171 g/mol. The molecule has 0 amide bonds. The van der Waals surface area contributed by atoms with Crippen molar-refractivity contribution in [2.45, 2.75) is 0 Å². The molecule has 4 heteroatoms. The second-order valence-electron chi connectivity index (χ2n) is 2.73. The first-order valence-corrected chi connectivity index (χ1v) is 3.87. The number of hydrogen-bond donors (Lipinski definition) is 0. The fourth-order valence-electron chi connectivity index (χ4n) is 1.39. The molecule has 3 heterocycles. The van der Waals surface area contributed by atoms with E-state index in [0.717, 1.165) is 16.6 Å². The molecule has 3 rings (SSSR count). The minimum Gasteiger partial charge on any atom is -0.470 e. The Kier molecular flexibility index (Phi) is 1.14. The Morgan fingerprint density at radius 2 is 2.31 bits per heavy atom. The average Bonchev–Trinajstić information content (AvgIpc) is 2.56. The number of aromatic nitrogens is 3. The van der Waals surface area contributed by atoms with Crippen LogP contribution in [0.1, 0.15) is 0 Å². The first-order valence-electron chi connectivity index (χ1n) is 3.87. The summed E-state index contributed by atoms with van der Waals surface area (Å²) in [5, 5.41) is 0.966. The predicted molar refractivity (Wildman–Crippen MR) is 46.2 cm³/mol. The lowest BCUT2D eigenvalue weighted by Gasteiger charge is -1.92. The van der Waals surface area contributed by atoms with Crippen LogP contribution in [0.3, 0.4) is 0 Å². The van der Waals surface area contributed by atoms with Gasteiger partial charge in [-0.25, -0.2) is 15.0 Å². The van der Waals surface area contributed by atoms with Gasteiger partial charge in [-0.3, -0.25) is 0 Å². The van der Waals surface area contributed by atoms with Crippen LogP contribution in [0.4, 0.5) is 0 Å². The normalized spacial score (nSPS) is 11.1. The highest BCUT2D eigenvalue weighted by atomic mass is 16.3. The second-order valence-corrected chi connectivity index (χ2v) is 2.73. The molecular weight excluding hydrogens is 166 g/mol. The summed E-state index contributed by atoms with van der Waals surface area (Å²) < 4.78 is 5.01. The van der Waals surface area contributed by atoms with E-state index in [1.54, 1.807) is 18.7 Å². The van der Waals surface area contributed by atoms with E-state index >= 15 is 0 Å². The van der Waals surface area contributed by atoms with Crippen LogP contribution in [0.25, 0.3) is 22.3 Å². The topological polar surface area (TPSA) is 51.8 Å². The fraction of sp³-hybridized carbons (Fsp3) is 0. The predicted octanol–water partition coefficient (Wildman–Crippen LogP) is 1.72. The lowest BCUT2D eigenvalue weighted by atomic mass is 10.2. The van der Waals surface area contributed by atoms with Crippen molar-refractivity contribution in [3.63, 3.8) is 0 Å². The number of nitrogens with zero attached hydrogens (tertiary/aromatic N) is 3. The third-order valence-corrected chi connectivity index (χ3v) is 1.98. The van der Waals surface area contributed by atoms with Crippen molar-refractivity contribution in [3.05, 3.63) is 31.1 Å². The van der Waals surface area contributed by atoms with Crippen LogP contribution in [0.2, 0.25) is 0 Å². The summed E-state index contributed by atoms with van der Waals surface area (Å²) in [4.78, 5) is 12.3. The van der Waals surface area contributed by atoms with E-state index in [1.807, 2.05) is 6.07 Å². The molecule has 0 aliphatic carbocycles. The van der Waals surface area contributed by atoms with Gasteiger partial charge >= 0.3 is 0 Å². The second kappa shape index (κ2) is 2.26. The summed E-state index contributed by atoms with van der Waals surface area (Å²) >= 11 is 0. The summed E-state index contributed by atoms with van der Waals surface area (Å²) in [5.74, 6) is 0. The fourth-order valence-corrected chi connectivity index (χ4v) is 1.39. The molecule has 0 fully saturated rings. The molecule has 1 aromatic heterocycles. The molecule has 4 nitrogen and oxygen atoms in total. The quantitative estimate of drug-likeness (QED) is 0.516. The Bertz CT molecular complexity index is 531. The van der Waals surface area contributed by atoms with Crippen LogP contribution in [0.15, 0.2) is 35.5 Å². The third-order valence-electron chi connectivity index (χ3n) is 1.98. The molecular formula is C9H5N3O. The molecule has 0 atom stereocenters. The van der Waals surface area contributed by atoms with E-state index in [4.69, 9.17) is 4.42 Å². The van der Waals surface area contributed by atoms with Gasteiger partial charge in [0.1, 0.15) is 18.3 Å². The maximum Gasteiger partial charge on any atom is 0.163 e. The lowest BCUT2D eigenvalue weighted by Crippen LogP contribution is -1.75. The Morgan fingerprint density at radius 3 is 3.31 bits per heavy atom. The monoisotopic (exact) mass is 171 g/mol. The summed E-state index contributed by atoms with van der Waals surface area (Å²) in [6, 6.07) is 1.87. The van der Waals surface area contributed by atoms with Crippen molar-refractivity contribution in [1.29, 1.82) is 0 Å². The van der Waals surface area contributed by atoms with Gasteiger partial charge in [0, 0.05) is 17.1 Å². The highest BCUT2D eigenvalue weighted by Crippen LogP contribution is 2.28. The van der Waals surface area contributed by atoms with E-state index < -0.39 is 0 Å². The van der Waals surface area contributed by atoms with Gasteiger partial charge in [0.25, 0.3) is 0 Å². The van der Waals surface area contributed by atoms with E-state index in [-0.39, 0.29) is 0 Å². The highest BCUT2D eigenvalue weighted by Gasteiger charge is 2.11. The zero-order chi connectivity index (χ0) is 8.67. The molecule has 0 saturated carbocycles. The molecule has 1 aromatic rings. The SMILES string of the molecule is c1ncc2c3ccocc-3nc2n1. The highest BCUT2D eigenvalue weighted by molar-refractivity contribution is 5.94. The van der Waals surface area contributed by atoms with Gasteiger partial charge in [-0.05, 0) is 6.07 Å². The van der Waals surface area contributed by atoms with E-state index in [0.29, 0.717) is 5.65 Å². The molecule has 0 saturated heterocycles. The maximum atomic E-state index is 5.01. The molecule has 0 radical (unpaired) electrons. The van der Waals surface area contributed by atoms with Gasteiger partial charge in [0.05, 0.1) is 6.26 Å². The summed E-state index contributed by atoms with van der Waals surface area (Å²) in [6.07, 6.45) is 6.48. The number of rotatable bonds is 0. The smallest absolute Gasteiger partial charge is 0.163 e. The minimum atomic E-state index is 0.714. The minimum absolute atomic E-state index is 0.714. The van der Waals surface area contributed by atoms with Crippen molar-refractivity contribution in [2.24, 2.45) is 0 Å². The first-order chi connectivity index (χ1) is 6.45. The number of hydrogen-bond acceptors (Lipinski definition) is 4. The van der Waals surface area contributed by atoms with Crippen LogP contribution in [0, 0.1) is 0 Å². The Balaban J connectivity index is 2.56. The van der Waals surface area contributed by atoms with Gasteiger partial charge in [-0.2, -0.15) is 0 Å². The Hall–Kier alpha value is -1.97. The van der Waals surface area contributed by atoms with Gasteiger partial charge in [-0.1, -0.05) is 0 Å². The molecule has 0 spiro atoms. The molecule has 2 aliphatic heterocycles. The van der Waals surface area contributed by atoms with Crippen LogP contribution in [-0.4, -0.2) is 15.0 Å². The zero-order valence-electron chi connectivity index (χ0n) is 6.64. The van der Waals surface area contributed by atoms with E-state index in [9.17, 15) is 0 Å². The summed E-state index contributed by atoms with van der Waals surface area (Å²) in [7, 11) is 0. The van der Waals surface area contributed by atoms with Crippen molar-refractivity contribution in [2.75, 3.05) is 0 Å². The van der Waals surface area contributed by atoms with Gasteiger partial charge in [0.15, 0.2) is 5.65 Å². The largest absolute Gasteiger partial charge is 0.470 e. The molecule has 0 aromatic carbocycles. The van der Waals surface area contributed by atoms with Crippen LogP contribution in [-0.2, 0) is 0 Å². The summed E-state index contributed by atoms with van der Waals surface area (Å²) in [6.45, 7) is 0. The van der Waals surface area contributed by atoms with E-state index in [1.165, 1.54) is 6.33 Å². The van der Waals surface area contributed by atoms with Crippen molar-refractivity contribution in [3.8, 4) is 11.3 Å². The molecule has 62 valence electrons. The van der Waals surface area contributed by atoms with Gasteiger partial charge in [0.2, 0.25) is 0 Å². The molecule has 0 N–H and O–H groups in total. The van der Waals surface area contributed by atoms with E-state index in [2.05, 4.69) is 15.0 Å². The molecule has 2 aliphatic rings. The Morgan fingerprint density at radius 1 is 1.31 bits per heavy atom. The van der Waals surface area contributed by atoms with Crippen molar-refractivity contribution < 1.29 is 4.42 Å². The zero-order valence-corrected chi connectivity index (χ0v) is 6.64. The van der Waals surface area contributed by atoms with Crippen LogP contribution in [0.5, 0.6) is 0 Å². The Labute approximate surface area is 73.6 Å². The first kappa shape index (κ1) is 6.54. The molecule has 0 bridgehead atoms. The summed E-state index contributed by atoms with van der Waals surface area (Å²) in [5.41, 5.74) is 2.56. The third kappa shape index (κ3) is 0.823. The van der Waals surface area contributed by atoms with Crippen LogP contribution >= 0.6 is 0 Å². The molecule has 0 unspecified atom stereocenters. The maximum absolute atomic E-state index is 5.01. The molecule has 13 heavy (non-hydrogen) atoms. The van der Waals surface area contributed by atoms with Gasteiger partial charge in [-0.15, -0.1) is 0 Å².